The molecule has 1 nitrogen and oxygen atoms in total. The minimum absolute atomic E-state index is 0.605. The maximum atomic E-state index is 5.07. The number of hydrogen-bond donors (Lipinski definition) is 0. The molecule has 9 heavy (non-hydrogen) atoms. The molecular weight excluding hydrogens is 112 g/mol. The molecule has 0 bridgehead atoms. The van der Waals surface area contributed by atoms with Crippen LogP contribution in [0.2, 0.25) is 0 Å². The highest BCUT2D eigenvalue weighted by Gasteiger charge is 1.73. The summed E-state index contributed by atoms with van der Waals surface area (Å²) in [5.41, 5.74) is 2.62. The Morgan fingerprint density at radius 1 is 1.56 bits per heavy atom. The second-order valence-corrected chi connectivity index (χ2v) is 1.51. The molecule has 0 heterocycles. The van der Waals surface area contributed by atoms with Crippen LogP contribution in [-0.4, -0.2) is 13.2 Å². The van der Waals surface area contributed by atoms with E-state index >= 15 is 0 Å². The molecule has 0 N–H and O–H groups in total. The van der Waals surface area contributed by atoms with Crippen molar-refractivity contribution in [2.75, 3.05) is 13.2 Å². The van der Waals surface area contributed by atoms with Gasteiger partial charge in [-0.2, -0.15) is 0 Å². The molecule has 0 saturated carbocycles. The molecule has 0 aliphatic heterocycles. The summed E-state index contributed by atoms with van der Waals surface area (Å²) in [6.07, 6.45) is 5.66. The molecule has 0 rings (SSSR count). The lowest BCUT2D eigenvalue weighted by Gasteiger charge is -1.90. The molecule has 0 fully saturated rings. The first-order valence-electron chi connectivity index (χ1n) is 2.95. The fourth-order valence-corrected chi connectivity index (χ4v) is 0.350. The predicted octanol–water partition coefficient (Wildman–Crippen LogP) is 1.92. The highest BCUT2D eigenvalue weighted by molar-refractivity contribution is 4.78. The molecule has 1 heteroatoms. The summed E-state index contributed by atoms with van der Waals surface area (Å²) < 4.78 is 5.07. The predicted molar refractivity (Wildman–Crippen MR) is 39.3 cm³/mol. The summed E-state index contributed by atoms with van der Waals surface area (Å²) in [6.45, 7) is 6.65. The van der Waals surface area contributed by atoms with Gasteiger partial charge in [-0.05, 0) is 13.0 Å². The third kappa shape index (κ3) is 7.22. The molecule has 0 aromatic heterocycles. The monoisotopic (exact) mass is 124 g/mol. The average Bonchev–Trinajstić information content (AvgIpc) is 1.89. The van der Waals surface area contributed by atoms with Crippen molar-refractivity contribution in [2.45, 2.75) is 6.92 Å². The lowest BCUT2D eigenvalue weighted by atomic mass is 10.5. The normalized spacial score (nSPS) is 9.44. The van der Waals surface area contributed by atoms with Crippen LogP contribution in [0.3, 0.4) is 0 Å². The van der Waals surface area contributed by atoms with Crippen molar-refractivity contribution >= 4 is 0 Å². The van der Waals surface area contributed by atoms with Crippen molar-refractivity contribution < 1.29 is 4.74 Å². The minimum atomic E-state index is 0.605. The molecule has 50 valence electrons. The van der Waals surface area contributed by atoms with E-state index in [0.717, 1.165) is 0 Å². The van der Waals surface area contributed by atoms with Crippen molar-refractivity contribution in [3.05, 3.63) is 30.5 Å². The third-order valence-corrected chi connectivity index (χ3v) is 0.795. The zero-order valence-corrected chi connectivity index (χ0v) is 5.76. The van der Waals surface area contributed by atoms with Gasteiger partial charge in [-0.3, -0.25) is 0 Å². The Morgan fingerprint density at radius 3 is 2.89 bits per heavy atom. The topological polar surface area (TPSA) is 9.23 Å². The van der Waals surface area contributed by atoms with E-state index in [4.69, 9.17) is 4.74 Å². The summed E-state index contributed by atoms with van der Waals surface area (Å²) in [6, 6.07) is 0. The largest absolute Gasteiger partial charge is 0.373 e. The van der Waals surface area contributed by atoms with Crippen LogP contribution in [0, 0.1) is 0 Å². The van der Waals surface area contributed by atoms with Gasteiger partial charge in [0, 0.05) is 0 Å². The van der Waals surface area contributed by atoms with Crippen molar-refractivity contribution in [3.8, 4) is 0 Å². The van der Waals surface area contributed by atoms with Gasteiger partial charge in [-0.25, -0.2) is 0 Å². The van der Waals surface area contributed by atoms with E-state index in [-0.39, 0.29) is 0 Å². The van der Waals surface area contributed by atoms with E-state index in [0.29, 0.717) is 13.2 Å². The van der Waals surface area contributed by atoms with Gasteiger partial charge in [0.1, 0.15) is 0 Å². The summed E-state index contributed by atoms with van der Waals surface area (Å²) in [5.74, 6) is 0. The van der Waals surface area contributed by atoms with Gasteiger partial charge < -0.3 is 4.74 Å². The molecule has 0 amide bonds. The first-order valence-corrected chi connectivity index (χ1v) is 2.95. The van der Waals surface area contributed by atoms with Gasteiger partial charge in [-0.15, -0.1) is 5.73 Å². The lowest BCUT2D eigenvalue weighted by Crippen LogP contribution is -1.88. The van der Waals surface area contributed by atoms with E-state index in [1.807, 2.05) is 19.1 Å². The Morgan fingerprint density at radius 2 is 2.33 bits per heavy atom. The summed E-state index contributed by atoms with van der Waals surface area (Å²) in [5, 5.41) is 0. The maximum Gasteiger partial charge on any atom is 0.0725 e. The van der Waals surface area contributed by atoms with Crippen molar-refractivity contribution in [2.24, 2.45) is 0 Å². The summed E-state index contributed by atoms with van der Waals surface area (Å²) >= 11 is 0. The fourth-order valence-electron chi connectivity index (χ4n) is 0.350. The Bertz CT molecular complexity index is 119. The van der Waals surface area contributed by atoms with Crippen LogP contribution in [0.25, 0.3) is 0 Å². The van der Waals surface area contributed by atoms with Gasteiger partial charge in [0.05, 0.1) is 13.2 Å². The van der Waals surface area contributed by atoms with Crippen molar-refractivity contribution in [1.82, 2.24) is 0 Å². The van der Waals surface area contributed by atoms with E-state index in [2.05, 4.69) is 12.3 Å². The quantitative estimate of drug-likeness (QED) is 0.316. The zero-order chi connectivity index (χ0) is 6.95. The molecule has 0 aliphatic carbocycles. The molecule has 0 aliphatic rings. The molecule has 0 saturated heterocycles. The Hall–Kier alpha value is -0.780. The van der Waals surface area contributed by atoms with Gasteiger partial charge in [0.25, 0.3) is 0 Å². The molecule has 0 aromatic rings. The van der Waals surface area contributed by atoms with Crippen LogP contribution in [0.4, 0.5) is 0 Å². The average molecular weight is 124 g/mol. The Kier molecular flexibility index (Phi) is 6.59. The minimum Gasteiger partial charge on any atom is -0.373 e. The molecule has 0 unspecified atom stereocenters. The van der Waals surface area contributed by atoms with Crippen LogP contribution < -0.4 is 0 Å². The van der Waals surface area contributed by atoms with E-state index in [1.165, 1.54) is 0 Å². The number of rotatable bonds is 4. The molecule has 0 atom stereocenters. The van der Waals surface area contributed by atoms with E-state index in [1.54, 1.807) is 6.08 Å². The van der Waals surface area contributed by atoms with Gasteiger partial charge >= 0.3 is 0 Å². The number of hydrogen-bond acceptors (Lipinski definition) is 1. The van der Waals surface area contributed by atoms with Crippen LogP contribution in [0.5, 0.6) is 0 Å². The van der Waals surface area contributed by atoms with Crippen LogP contribution >= 0.6 is 0 Å². The Labute approximate surface area is 56.3 Å². The van der Waals surface area contributed by atoms with Crippen LogP contribution in [0.1, 0.15) is 6.92 Å². The van der Waals surface area contributed by atoms with E-state index in [9.17, 15) is 0 Å². The summed E-state index contributed by atoms with van der Waals surface area (Å²) in [7, 11) is 0. The van der Waals surface area contributed by atoms with Crippen molar-refractivity contribution in [1.29, 1.82) is 0 Å². The highest BCUT2D eigenvalue weighted by Crippen LogP contribution is 1.76. The highest BCUT2D eigenvalue weighted by atomic mass is 16.5. The second-order valence-electron chi connectivity index (χ2n) is 1.51. The van der Waals surface area contributed by atoms with Crippen LogP contribution in [-0.2, 0) is 4.74 Å². The first kappa shape index (κ1) is 8.22. The first-order chi connectivity index (χ1) is 4.41. The number of allylic oxidation sites excluding steroid dienone is 1. The lowest BCUT2D eigenvalue weighted by molar-refractivity contribution is 0.194. The maximum absolute atomic E-state index is 5.07. The molecule has 0 spiro atoms. The van der Waals surface area contributed by atoms with Gasteiger partial charge in [-0.1, -0.05) is 18.7 Å². The summed E-state index contributed by atoms with van der Waals surface area (Å²) in [4.78, 5) is 0. The second kappa shape index (κ2) is 7.22. The van der Waals surface area contributed by atoms with Gasteiger partial charge in [0.2, 0.25) is 0 Å². The smallest absolute Gasteiger partial charge is 0.0725 e. The SMILES string of the molecule is C=C=CCOC/C=C/C. The molecule has 0 aromatic carbocycles. The Balaban J connectivity index is 3.00. The molecular formula is C8H12O. The molecule has 0 radical (unpaired) electrons. The fraction of sp³-hybridized carbons (Fsp3) is 0.375. The van der Waals surface area contributed by atoms with Crippen molar-refractivity contribution in [3.63, 3.8) is 0 Å². The number of ether oxygens (including phenoxy) is 1. The van der Waals surface area contributed by atoms with Crippen LogP contribution in [0.15, 0.2) is 30.5 Å². The van der Waals surface area contributed by atoms with E-state index < -0.39 is 0 Å². The zero-order valence-electron chi connectivity index (χ0n) is 5.76. The van der Waals surface area contributed by atoms with Gasteiger partial charge in [0.15, 0.2) is 0 Å². The third-order valence-electron chi connectivity index (χ3n) is 0.795. The standard InChI is InChI=1S/C8H12O/c1-3-5-7-9-8-6-4-2/h4-6H,1,7-8H2,2H3/b6-4+.